The van der Waals surface area contributed by atoms with Crippen molar-refractivity contribution in [3.63, 3.8) is 0 Å². The van der Waals surface area contributed by atoms with Crippen molar-refractivity contribution < 1.29 is 9.13 Å². The van der Waals surface area contributed by atoms with Crippen LogP contribution in [0, 0.1) is 5.82 Å². The van der Waals surface area contributed by atoms with Gasteiger partial charge >= 0.3 is 0 Å². The van der Waals surface area contributed by atoms with Gasteiger partial charge in [-0.15, -0.1) is 0 Å². The quantitative estimate of drug-likeness (QED) is 0.390. The number of halogens is 1. The minimum Gasteiger partial charge on any atom is -0.358 e. The highest BCUT2D eigenvalue weighted by Gasteiger charge is 2.23. The SMILES string of the molecule is CC(Nc1ncnc2c1ncn2C1CCCCO1)c1nc2ccc(F)cc2c(=O)n1-c1ccccc1. The van der Waals surface area contributed by atoms with E-state index in [-0.39, 0.29) is 17.2 Å². The Morgan fingerprint density at radius 3 is 2.78 bits per heavy atom. The Hall–Kier alpha value is -4.18. The molecule has 2 aromatic carbocycles. The Balaban J connectivity index is 1.44. The van der Waals surface area contributed by atoms with Crippen LogP contribution in [0.3, 0.4) is 0 Å². The molecule has 5 aromatic rings. The van der Waals surface area contributed by atoms with Gasteiger partial charge in [0.15, 0.2) is 17.0 Å². The summed E-state index contributed by atoms with van der Waals surface area (Å²) in [6.07, 6.45) is 6.16. The van der Waals surface area contributed by atoms with Gasteiger partial charge in [0.1, 0.15) is 24.2 Å². The molecule has 10 heteroatoms. The van der Waals surface area contributed by atoms with Crippen LogP contribution in [0.25, 0.3) is 27.8 Å². The average Bonchev–Trinajstić information content (AvgIpc) is 3.35. The first-order valence-electron chi connectivity index (χ1n) is 11.9. The number of imidazole rings is 1. The number of rotatable bonds is 5. The zero-order valence-electron chi connectivity index (χ0n) is 19.6. The van der Waals surface area contributed by atoms with E-state index in [0.717, 1.165) is 19.3 Å². The first-order valence-corrected chi connectivity index (χ1v) is 11.9. The summed E-state index contributed by atoms with van der Waals surface area (Å²) in [7, 11) is 0. The van der Waals surface area contributed by atoms with E-state index >= 15 is 0 Å². The van der Waals surface area contributed by atoms with Gasteiger partial charge in [0, 0.05) is 6.61 Å². The zero-order valence-corrected chi connectivity index (χ0v) is 19.6. The van der Waals surface area contributed by atoms with E-state index in [0.29, 0.717) is 40.6 Å². The van der Waals surface area contributed by atoms with Crippen molar-refractivity contribution in [1.29, 1.82) is 0 Å². The lowest BCUT2D eigenvalue weighted by atomic mass is 10.2. The third-order valence-corrected chi connectivity index (χ3v) is 6.44. The lowest BCUT2D eigenvalue weighted by Gasteiger charge is -2.23. The number of benzene rings is 2. The van der Waals surface area contributed by atoms with Crippen LogP contribution >= 0.6 is 0 Å². The van der Waals surface area contributed by atoms with Crippen molar-refractivity contribution in [2.24, 2.45) is 0 Å². The maximum absolute atomic E-state index is 14.0. The minimum absolute atomic E-state index is 0.102. The van der Waals surface area contributed by atoms with Gasteiger partial charge in [-0.3, -0.25) is 13.9 Å². The van der Waals surface area contributed by atoms with Crippen LogP contribution in [0.4, 0.5) is 10.2 Å². The number of fused-ring (bicyclic) bond motifs is 2. The summed E-state index contributed by atoms with van der Waals surface area (Å²) in [5.74, 6) is 0.503. The number of hydrogen-bond donors (Lipinski definition) is 1. The summed E-state index contributed by atoms with van der Waals surface area (Å²) < 4.78 is 23.3. The third kappa shape index (κ3) is 3.89. The summed E-state index contributed by atoms with van der Waals surface area (Å²) in [5, 5.41) is 3.58. The Bertz CT molecular complexity index is 1610. The molecule has 1 N–H and O–H groups in total. The predicted octanol–water partition coefficient (Wildman–Crippen LogP) is 4.54. The second kappa shape index (κ2) is 9.12. The van der Waals surface area contributed by atoms with Crippen molar-refractivity contribution in [3.05, 3.63) is 83.2 Å². The molecule has 0 saturated carbocycles. The van der Waals surface area contributed by atoms with Crippen LogP contribution in [-0.2, 0) is 4.74 Å². The minimum atomic E-state index is -0.485. The molecule has 0 aliphatic carbocycles. The van der Waals surface area contributed by atoms with Crippen LogP contribution < -0.4 is 10.9 Å². The Morgan fingerprint density at radius 2 is 1.97 bits per heavy atom. The van der Waals surface area contributed by atoms with Crippen LogP contribution in [0.5, 0.6) is 0 Å². The molecule has 1 saturated heterocycles. The summed E-state index contributed by atoms with van der Waals surface area (Å²) >= 11 is 0. The Kier molecular flexibility index (Phi) is 5.65. The molecule has 0 amide bonds. The third-order valence-electron chi connectivity index (χ3n) is 6.44. The van der Waals surface area contributed by atoms with Gasteiger partial charge in [-0.2, -0.15) is 0 Å². The van der Waals surface area contributed by atoms with Gasteiger partial charge in [0.25, 0.3) is 5.56 Å². The van der Waals surface area contributed by atoms with Crippen LogP contribution in [0.1, 0.15) is 44.3 Å². The molecule has 182 valence electrons. The Morgan fingerprint density at radius 1 is 1.11 bits per heavy atom. The van der Waals surface area contributed by atoms with Crippen molar-refractivity contribution in [2.45, 2.75) is 38.5 Å². The van der Waals surface area contributed by atoms with E-state index in [1.54, 1.807) is 6.33 Å². The maximum Gasteiger partial charge on any atom is 0.266 e. The number of aromatic nitrogens is 6. The largest absolute Gasteiger partial charge is 0.358 e. The fraction of sp³-hybridized carbons (Fsp3) is 0.269. The summed E-state index contributed by atoms with van der Waals surface area (Å²) in [5.41, 5.74) is 1.99. The van der Waals surface area contributed by atoms with Gasteiger partial charge in [0.2, 0.25) is 0 Å². The number of para-hydroxylation sites is 1. The van der Waals surface area contributed by atoms with E-state index in [9.17, 15) is 9.18 Å². The molecule has 36 heavy (non-hydrogen) atoms. The molecule has 0 bridgehead atoms. The van der Waals surface area contributed by atoms with Crippen molar-refractivity contribution in [3.8, 4) is 5.69 Å². The second-order valence-electron chi connectivity index (χ2n) is 8.84. The monoisotopic (exact) mass is 485 g/mol. The van der Waals surface area contributed by atoms with Crippen LogP contribution in [0.15, 0.2) is 66.0 Å². The van der Waals surface area contributed by atoms with Gasteiger partial charge < -0.3 is 10.1 Å². The normalized spacial score (nSPS) is 16.9. The predicted molar refractivity (Wildman–Crippen MR) is 133 cm³/mol. The topological polar surface area (TPSA) is 99.8 Å². The van der Waals surface area contributed by atoms with E-state index < -0.39 is 11.9 Å². The van der Waals surface area contributed by atoms with E-state index in [1.165, 1.54) is 29.1 Å². The van der Waals surface area contributed by atoms with Crippen molar-refractivity contribution in [2.75, 3.05) is 11.9 Å². The first kappa shape index (κ1) is 22.3. The fourth-order valence-electron chi connectivity index (χ4n) is 4.67. The molecule has 3 aromatic heterocycles. The van der Waals surface area contributed by atoms with Gasteiger partial charge in [0.05, 0.1) is 29.0 Å². The highest BCUT2D eigenvalue weighted by atomic mass is 19.1. The molecule has 1 fully saturated rings. The first-order chi connectivity index (χ1) is 17.6. The van der Waals surface area contributed by atoms with E-state index in [4.69, 9.17) is 9.72 Å². The molecule has 2 atom stereocenters. The standard InChI is InChI=1S/C26H24FN7O2/c1-16(31-23-22-25(29-14-28-23)33(15-30-22)21-9-5-6-12-36-21)24-32-20-11-10-17(27)13-19(20)26(35)34(24)18-7-3-2-4-8-18/h2-4,7-8,10-11,13-16,21H,5-6,9,12H2,1H3,(H,28,29,31). The highest BCUT2D eigenvalue weighted by Crippen LogP contribution is 2.29. The smallest absolute Gasteiger partial charge is 0.266 e. The van der Waals surface area contributed by atoms with Gasteiger partial charge in [-0.25, -0.2) is 24.3 Å². The van der Waals surface area contributed by atoms with E-state index in [2.05, 4.69) is 20.3 Å². The molecule has 0 radical (unpaired) electrons. The maximum atomic E-state index is 14.0. The average molecular weight is 486 g/mol. The molecule has 1 aliphatic rings. The lowest BCUT2D eigenvalue weighted by Crippen LogP contribution is -2.27. The molecule has 6 rings (SSSR count). The van der Waals surface area contributed by atoms with E-state index in [1.807, 2.05) is 41.8 Å². The van der Waals surface area contributed by atoms with Crippen molar-refractivity contribution in [1.82, 2.24) is 29.1 Å². The number of ether oxygens (including phenoxy) is 1. The number of nitrogens with zero attached hydrogens (tertiary/aromatic N) is 6. The molecule has 9 nitrogen and oxygen atoms in total. The molecular formula is C26H24FN7O2. The number of hydrogen-bond acceptors (Lipinski definition) is 7. The lowest BCUT2D eigenvalue weighted by molar-refractivity contribution is -0.0298. The fourth-order valence-corrected chi connectivity index (χ4v) is 4.67. The zero-order chi connectivity index (χ0) is 24.6. The van der Waals surface area contributed by atoms with Crippen molar-refractivity contribution >= 4 is 27.9 Å². The summed E-state index contributed by atoms with van der Waals surface area (Å²) in [6, 6.07) is 12.8. The number of anilines is 1. The van der Waals surface area contributed by atoms with Gasteiger partial charge in [-0.05, 0) is 56.5 Å². The highest BCUT2D eigenvalue weighted by molar-refractivity contribution is 5.83. The molecule has 2 unspecified atom stereocenters. The molecular weight excluding hydrogens is 461 g/mol. The second-order valence-corrected chi connectivity index (χ2v) is 8.84. The van der Waals surface area contributed by atoms with Crippen LogP contribution in [-0.4, -0.2) is 35.7 Å². The Labute approximate surface area is 205 Å². The van der Waals surface area contributed by atoms with Gasteiger partial charge in [-0.1, -0.05) is 18.2 Å². The molecule has 1 aliphatic heterocycles. The summed E-state index contributed by atoms with van der Waals surface area (Å²) in [4.78, 5) is 31.7. The number of nitrogens with one attached hydrogen (secondary N) is 1. The summed E-state index contributed by atoms with van der Waals surface area (Å²) in [6.45, 7) is 2.61. The molecule has 4 heterocycles. The molecule has 0 spiro atoms. The van der Waals surface area contributed by atoms with Crippen LogP contribution in [0.2, 0.25) is 0 Å².